The molecule has 2 aliphatic rings. The van der Waals surface area contributed by atoms with Gasteiger partial charge in [0.25, 0.3) is 5.91 Å². The largest absolute Gasteiger partial charge is 0.368 e. The van der Waals surface area contributed by atoms with Crippen LogP contribution in [0, 0.1) is 0 Å². The van der Waals surface area contributed by atoms with E-state index in [0.717, 1.165) is 31.6 Å². The molecule has 1 aromatic rings. The molecule has 6 heteroatoms. The first-order chi connectivity index (χ1) is 9.74. The van der Waals surface area contributed by atoms with E-state index in [-0.39, 0.29) is 17.6 Å². The Morgan fingerprint density at radius 3 is 2.65 bits per heavy atom. The van der Waals surface area contributed by atoms with Crippen molar-refractivity contribution >= 4 is 11.6 Å². The minimum absolute atomic E-state index is 0.0963. The summed E-state index contributed by atoms with van der Waals surface area (Å²) in [5, 5.41) is 0. The number of anilines is 1. The number of pyridine rings is 1. The number of hydrogen-bond acceptors (Lipinski definition) is 4. The summed E-state index contributed by atoms with van der Waals surface area (Å²) in [5.41, 5.74) is 0.898. The molecule has 6 nitrogen and oxygen atoms in total. The van der Waals surface area contributed by atoms with Gasteiger partial charge in [-0.15, -0.1) is 0 Å². The minimum atomic E-state index is -0.227. The van der Waals surface area contributed by atoms with Crippen LogP contribution in [0.2, 0.25) is 0 Å². The maximum Gasteiger partial charge on any atom is 0.251 e. The molecule has 1 amide bonds. The smallest absolute Gasteiger partial charge is 0.251 e. The molecule has 0 spiro atoms. The Morgan fingerprint density at radius 2 is 2.05 bits per heavy atom. The van der Waals surface area contributed by atoms with Crippen molar-refractivity contribution in [3.05, 3.63) is 28.7 Å². The quantitative estimate of drug-likeness (QED) is 0.839. The zero-order valence-electron chi connectivity index (χ0n) is 11.4. The minimum Gasteiger partial charge on any atom is -0.368 e. The van der Waals surface area contributed by atoms with Crippen molar-refractivity contribution in [1.82, 2.24) is 9.88 Å². The van der Waals surface area contributed by atoms with Crippen LogP contribution in [0.1, 0.15) is 12.8 Å². The van der Waals surface area contributed by atoms with E-state index in [0.29, 0.717) is 19.7 Å². The summed E-state index contributed by atoms with van der Waals surface area (Å²) >= 11 is 0. The number of rotatable bonds is 2. The van der Waals surface area contributed by atoms with E-state index in [2.05, 4.69) is 9.88 Å². The molecule has 0 radical (unpaired) electrons. The molecule has 0 bridgehead atoms. The molecule has 2 fully saturated rings. The summed E-state index contributed by atoms with van der Waals surface area (Å²) < 4.78 is 5.45. The molecule has 3 heterocycles. The zero-order chi connectivity index (χ0) is 13.9. The second kappa shape index (κ2) is 5.66. The van der Waals surface area contributed by atoms with Crippen molar-refractivity contribution in [1.29, 1.82) is 0 Å². The zero-order valence-corrected chi connectivity index (χ0v) is 11.4. The number of piperazine rings is 1. The molecule has 1 atom stereocenters. The third-order valence-electron chi connectivity index (χ3n) is 3.93. The fraction of sp³-hybridized carbons (Fsp3) is 0.571. The second-order valence-corrected chi connectivity index (χ2v) is 5.23. The van der Waals surface area contributed by atoms with Crippen LogP contribution in [0.5, 0.6) is 0 Å². The number of nitrogens with zero attached hydrogens (tertiary/aromatic N) is 2. The number of ether oxygens (including phenoxy) is 1. The van der Waals surface area contributed by atoms with Crippen molar-refractivity contribution in [2.45, 2.75) is 18.9 Å². The van der Waals surface area contributed by atoms with Crippen LogP contribution < -0.4 is 10.5 Å². The SMILES string of the molecule is O=C(C1CCCO1)N1CCN(c2ccc(=O)[nH]c2)CC1. The molecular formula is C14H19N3O3. The topological polar surface area (TPSA) is 65.6 Å². The molecule has 2 saturated heterocycles. The summed E-state index contributed by atoms with van der Waals surface area (Å²) in [6.07, 6.45) is 3.32. The van der Waals surface area contributed by atoms with E-state index in [9.17, 15) is 9.59 Å². The second-order valence-electron chi connectivity index (χ2n) is 5.23. The van der Waals surface area contributed by atoms with Gasteiger partial charge < -0.3 is 19.5 Å². The Kier molecular flexibility index (Phi) is 3.73. The third kappa shape index (κ3) is 2.70. The number of hydrogen-bond donors (Lipinski definition) is 1. The maximum absolute atomic E-state index is 12.2. The highest BCUT2D eigenvalue weighted by atomic mass is 16.5. The number of carbonyl (C=O) groups is 1. The van der Waals surface area contributed by atoms with Crippen molar-refractivity contribution in [3.8, 4) is 0 Å². The van der Waals surface area contributed by atoms with Crippen LogP contribution in [0.4, 0.5) is 5.69 Å². The number of aromatic amines is 1. The lowest BCUT2D eigenvalue weighted by atomic mass is 10.2. The molecule has 1 N–H and O–H groups in total. The highest BCUT2D eigenvalue weighted by molar-refractivity contribution is 5.81. The Morgan fingerprint density at radius 1 is 1.25 bits per heavy atom. The predicted octanol–water partition coefficient (Wildman–Crippen LogP) is 0.202. The maximum atomic E-state index is 12.2. The highest BCUT2D eigenvalue weighted by Crippen LogP contribution is 2.18. The first kappa shape index (κ1) is 13.2. The van der Waals surface area contributed by atoms with Gasteiger partial charge in [0.2, 0.25) is 5.56 Å². The fourth-order valence-electron chi connectivity index (χ4n) is 2.76. The number of nitrogens with one attached hydrogen (secondary N) is 1. The lowest BCUT2D eigenvalue weighted by molar-refractivity contribution is -0.141. The van der Waals surface area contributed by atoms with Crippen LogP contribution in [-0.4, -0.2) is 54.7 Å². The molecule has 0 aromatic carbocycles. The first-order valence-corrected chi connectivity index (χ1v) is 7.08. The Balaban J connectivity index is 1.57. The van der Waals surface area contributed by atoms with Crippen molar-refractivity contribution < 1.29 is 9.53 Å². The van der Waals surface area contributed by atoms with E-state index < -0.39 is 0 Å². The molecule has 1 unspecified atom stereocenters. The first-order valence-electron chi connectivity index (χ1n) is 7.08. The van der Waals surface area contributed by atoms with Crippen molar-refractivity contribution in [2.75, 3.05) is 37.7 Å². The molecule has 3 rings (SSSR count). The van der Waals surface area contributed by atoms with Gasteiger partial charge in [-0.3, -0.25) is 9.59 Å². The van der Waals surface area contributed by atoms with Gasteiger partial charge in [-0.05, 0) is 18.9 Å². The van der Waals surface area contributed by atoms with Gasteiger partial charge in [-0.2, -0.15) is 0 Å². The monoisotopic (exact) mass is 277 g/mol. The van der Waals surface area contributed by atoms with Crippen LogP contribution in [0.25, 0.3) is 0 Å². The molecule has 20 heavy (non-hydrogen) atoms. The van der Waals surface area contributed by atoms with Gasteiger partial charge in [-0.1, -0.05) is 0 Å². The highest BCUT2D eigenvalue weighted by Gasteiger charge is 2.30. The summed E-state index contributed by atoms with van der Waals surface area (Å²) in [6, 6.07) is 3.34. The Bertz CT molecular complexity index is 508. The molecule has 0 aliphatic carbocycles. The van der Waals surface area contributed by atoms with Gasteiger partial charge in [0.05, 0.1) is 5.69 Å². The predicted molar refractivity (Wildman–Crippen MR) is 74.8 cm³/mol. The van der Waals surface area contributed by atoms with E-state index in [4.69, 9.17) is 4.74 Å². The Labute approximate surface area is 117 Å². The van der Waals surface area contributed by atoms with E-state index in [1.807, 2.05) is 11.0 Å². The molecule has 0 saturated carbocycles. The van der Waals surface area contributed by atoms with E-state index >= 15 is 0 Å². The number of aromatic nitrogens is 1. The summed E-state index contributed by atoms with van der Waals surface area (Å²) in [7, 11) is 0. The summed E-state index contributed by atoms with van der Waals surface area (Å²) in [6.45, 7) is 3.68. The molecule has 2 aliphatic heterocycles. The summed E-state index contributed by atoms with van der Waals surface area (Å²) in [4.78, 5) is 30.0. The molecule has 1 aromatic heterocycles. The average molecular weight is 277 g/mol. The summed E-state index contributed by atoms with van der Waals surface area (Å²) in [5.74, 6) is 0.128. The number of amides is 1. The average Bonchev–Trinajstić information content (AvgIpc) is 3.02. The van der Waals surface area contributed by atoms with Gasteiger partial charge in [0, 0.05) is 45.0 Å². The molecule has 108 valence electrons. The van der Waals surface area contributed by atoms with Gasteiger partial charge in [0.15, 0.2) is 0 Å². The van der Waals surface area contributed by atoms with Crippen molar-refractivity contribution in [3.63, 3.8) is 0 Å². The van der Waals surface area contributed by atoms with E-state index in [1.54, 1.807) is 6.20 Å². The van der Waals surface area contributed by atoms with Gasteiger partial charge in [-0.25, -0.2) is 0 Å². The number of carbonyl (C=O) groups excluding carboxylic acids is 1. The van der Waals surface area contributed by atoms with Gasteiger partial charge >= 0.3 is 0 Å². The number of H-pyrrole nitrogens is 1. The third-order valence-corrected chi connectivity index (χ3v) is 3.93. The van der Waals surface area contributed by atoms with Crippen LogP contribution in [-0.2, 0) is 9.53 Å². The van der Waals surface area contributed by atoms with Crippen molar-refractivity contribution in [2.24, 2.45) is 0 Å². The van der Waals surface area contributed by atoms with Gasteiger partial charge in [0.1, 0.15) is 6.10 Å². The van der Waals surface area contributed by atoms with Crippen LogP contribution in [0.15, 0.2) is 23.1 Å². The normalized spacial score (nSPS) is 23.1. The fourth-order valence-corrected chi connectivity index (χ4v) is 2.76. The lowest BCUT2D eigenvalue weighted by Gasteiger charge is -2.36. The Hall–Kier alpha value is -1.82. The van der Waals surface area contributed by atoms with E-state index in [1.165, 1.54) is 6.07 Å². The lowest BCUT2D eigenvalue weighted by Crippen LogP contribution is -2.51. The standard InChI is InChI=1S/C14H19N3O3/c18-13-4-3-11(10-15-13)16-5-7-17(8-6-16)14(19)12-2-1-9-20-12/h3-4,10,12H,1-2,5-9H2,(H,15,18). The molecular weight excluding hydrogens is 258 g/mol. The van der Waals surface area contributed by atoms with Crippen LogP contribution >= 0.6 is 0 Å². The van der Waals surface area contributed by atoms with Crippen LogP contribution in [0.3, 0.4) is 0 Å².